The lowest BCUT2D eigenvalue weighted by Gasteiger charge is -2.31. The molecule has 6 heteroatoms. The molecule has 1 N–H and O–H groups in total. The van der Waals surface area contributed by atoms with E-state index in [2.05, 4.69) is 0 Å². The van der Waals surface area contributed by atoms with Crippen LogP contribution in [0.25, 0.3) is 0 Å². The quantitative estimate of drug-likeness (QED) is 0.732. The summed E-state index contributed by atoms with van der Waals surface area (Å²) in [7, 11) is 0. The van der Waals surface area contributed by atoms with Gasteiger partial charge in [-0.15, -0.1) is 0 Å². The Kier molecular flexibility index (Phi) is 3.09. The van der Waals surface area contributed by atoms with Gasteiger partial charge in [0.15, 0.2) is 0 Å². The van der Waals surface area contributed by atoms with Gasteiger partial charge in [0.2, 0.25) is 11.2 Å². The molecule has 0 bridgehead atoms. The van der Waals surface area contributed by atoms with Crippen molar-refractivity contribution in [2.24, 2.45) is 11.8 Å². The van der Waals surface area contributed by atoms with Gasteiger partial charge in [0.05, 0.1) is 11.8 Å². The third-order valence-corrected chi connectivity index (χ3v) is 2.71. The molecule has 0 aromatic carbocycles. The molecule has 0 aliphatic heterocycles. The second-order valence-corrected chi connectivity index (χ2v) is 3.83. The Morgan fingerprint density at radius 3 is 2.36 bits per heavy atom. The summed E-state index contributed by atoms with van der Waals surface area (Å²) < 4.78 is 25.7. The van der Waals surface area contributed by atoms with Crippen molar-refractivity contribution >= 4 is 22.8 Å². The number of aliphatic carboxylic acids is 1. The molecular formula is C8H9ClF2O3. The Morgan fingerprint density at radius 2 is 1.93 bits per heavy atom. The second-order valence-electron chi connectivity index (χ2n) is 3.45. The van der Waals surface area contributed by atoms with Crippen molar-refractivity contribution < 1.29 is 23.5 Å². The number of rotatable bonds is 2. The predicted octanol–water partition coefficient (Wildman–Crippen LogP) is 1.89. The maximum absolute atomic E-state index is 12.8. The summed E-state index contributed by atoms with van der Waals surface area (Å²) in [6, 6.07) is 0. The standard InChI is InChI=1S/C8H9ClF2O3/c9-6(12)5-3-8(10,11)2-1-4(5)7(13)14/h4-5H,1-3H2,(H,13,14). The Morgan fingerprint density at radius 1 is 1.36 bits per heavy atom. The monoisotopic (exact) mass is 226 g/mol. The average Bonchev–Trinajstić information content (AvgIpc) is 2.01. The summed E-state index contributed by atoms with van der Waals surface area (Å²) in [4.78, 5) is 21.4. The molecule has 14 heavy (non-hydrogen) atoms. The molecule has 1 fully saturated rings. The van der Waals surface area contributed by atoms with Crippen LogP contribution in [0.1, 0.15) is 19.3 Å². The number of hydrogen-bond acceptors (Lipinski definition) is 2. The largest absolute Gasteiger partial charge is 0.481 e. The van der Waals surface area contributed by atoms with Crippen LogP contribution in [-0.4, -0.2) is 22.2 Å². The molecule has 2 atom stereocenters. The Hall–Kier alpha value is -0.710. The minimum absolute atomic E-state index is 0.203. The summed E-state index contributed by atoms with van der Waals surface area (Å²) in [6.45, 7) is 0. The van der Waals surface area contributed by atoms with Crippen molar-refractivity contribution in [3.8, 4) is 0 Å². The zero-order valence-electron chi connectivity index (χ0n) is 7.17. The van der Waals surface area contributed by atoms with Gasteiger partial charge in [-0.25, -0.2) is 8.78 Å². The van der Waals surface area contributed by atoms with Crippen LogP contribution in [0.15, 0.2) is 0 Å². The van der Waals surface area contributed by atoms with Crippen LogP contribution in [0.3, 0.4) is 0 Å². The fourth-order valence-electron chi connectivity index (χ4n) is 1.67. The molecule has 0 saturated heterocycles. The maximum Gasteiger partial charge on any atom is 0.307 e. The zero-order valence-corrected chi connectivity index (χ0v) is 7.93. The van der Waals surface area contributed by atoms with E-state index >= 15 is 0 Å². The number of carboxylic acids is 1. The van der Waals surface area contributed by atoms with Gasteiger partial charge in [-0.3, -0.25) is 9.59 Å². The van der Waals surface area contributed by atoms with E-state index < -0.39 is 41.8 Å². The lowest BCUT2D eigenvalue weighted by molar-refractivity contribution is -0.153. The highest BCUT2D eigenvalue weighted by Gasteiger charge is 2.46. The Balaban J connectivity index is 2.81. The van der Waals surface area contributed by atoms with Crippen molar-refractivity contribution in [3.63, 3.8) is 0 Å². The van der Waals surface area contributed by atoms with E-state index in [1.165, 1.54) is 0 Å². The van der Waals surface area contributed by atoms with Crippen LogP contribution < -0.4 is 0 Å². The highest BCUT2D eigenvalue weighted by molar-refractivity contribution is 6.64. The Labute approximate surface area is 84.0 Å². The van der Waals surface area contributed by atoms with Crippen LogP contribution >= 0.6 is 11.6 Å². The molecule has 3 nitrogen and oxygen atoms in total. The highest BCUT2D eigenvalue weighted by atomic mass is 35.5. The van der Waals surface area contributed by atoms with Crippen LogP contribution in [0, 0.1) is 11.8 Å². The van der Waals surface area contributed by atoms with Gasteiger partial charge >= 0.3 is 5.97 Å². The first kappa shape index (κ1) is 11.4. The van der Waals surface area contributed by atoms with E-state index in [1.807, 2.05) is 0 Å². The lowest BCUT2D eigenvalue weighted by atomic mass is 9.78. The first-order valence-corrected chi connectivity index (χ1v) is 4.51. The van der Waals surface area contributed by atoms with E-state index in [9.17, 15) is 18.4 Å². The van der Waals surface area contributed by atoms with Crippen molar-refractivity contribution in [1.82, 2.24) is 0 Å². The van der Waals surface area contributed by atoms with Crippen LogP contribution in [0.5, 0.6) is 0 Å². The molecule has 0 aromatic rings. The van der Waals surface area contributed by atoms with Crippen molar-refractivity contribution in [3.05, 3.63) is 0 Å². The summed E-state index contributed by atoms with van der Waals surface area (Å²) in [5, 5.41) is 7.68. The first-order valence-electron chi connectivity index (χ1n) is 4.13. The van der Waals surface area contributed by atoms with Crippen LogP contribution in [-0.2, 0) is 9.59 Å². The fraction of sp³-hybridized carbons (Fsp3) is 0.750. The van der Waals surface area contributed by atoms with Crippen molar-refractivity contribution in [2.45, 2.75) is 25.2 Å². The zero-order chi connectivity index (χ0) is 10.9. The fourth-order valence-corrected chi connectivity index (χ4v) is 1.90. The van der Waals surface area contributed by atoms with Crippen molar-refractivity contribution in [1.29, 1.82) is 0 Å². The number of carbonyl (C=O) groups excluding carboxylic acids is 1. The number of hydrogen-bond donors (Lipinski definition) is 1. The molecule has 0 heterocycles. The van der Waals surface area contributed by atoms with Gasteiger partial charge in [-0.1, -0.05) is 0 Å². The van der Waals surface area contributed by atoms with E-state index in [1.54, 1.807) is 0 Å². The second kappa shape index (κ2) is 3.81. The van der Waals surface area contributed by atoms with Gasteiger partial charge < -0.3 is 5.11 Å². The third-order valence-electron chi connectivity index (χ3n) is 2.43. The molecule has 1 aliphatic rings. The van der Waals surface area contributed by atoms with E-state index in [4.69, 9.17) is 16.7 Å². The van der Waals surface area contributed by atoms with Gasteiger partial charge in [-0.05, 0) is 18.0 Å². The molecule has 0 aromatic heterocycles. The molecule has 1 saturated carbocycles. The van der Waals surface area contributed by atoms with Crippen molar-refractivity contribution in [2.75, 3.05) is 0 Å². The average molecular weight is 227 g/mol. The molecule has 0 radical (unpaired) electrons. The first-order chi connectivity index (χ1) is 6.33. The summed E-state index contributed by atoms with van der Waals surface area (Å²) >= 11 is 5.09. The summed E-state index contributed by atoms with van der Waals surface area (Å²) in [5.74, 6) is -6.54. The SMILES string of the molecule is O=C(O)C1CCC(F)(F)CC1C(=O)Cl. The van der Waals surface area contributed by atoms with E-state index in [0.717, 1.165) is 0 Å². The molecule has 0 spiro atoms. The maximum atomic E-state index is 12.8. The molecule has 1 aliphatic carbocycles. The smallest absolute Gasteiger partial charge is 0.307 e. The molecule has 2 unspecified atom stereocenters. The topological polar surface area (TPSA) is 54.4 Å². The highest BCUT2D eigenvalue weighted by Crippen LogP contribution is 2.41. The predicted molar refractivity (Wildman–Crippen MR) is 44.3 cm³/mol. The van der Waals surface area contributed by atoms with Crippen LogP contribution in [0.4, 0.5) is 8.78 Å². The van der Waals surface area contributed by atoms with Gasteiger partial charge in [-0.2, -0.15) is 0 Å². The minimum atomic E-state index is -2.97. The Bertz CT molecular complexity index is 267. The molecule has 0 amide bonds. The number of carboxylic acid groups (broad SMARTS) is 1. The summed E-state index contributed by atoms with van der Waals surface area (Å²) in [5.41, 5.74) is 0. The van der Waals surface area contributed by atoms with Gasteiger partial charge in [0.25, 0.3) is 0 Å². The minimum Gasteiger partial charge on any atom is -0.481 e. The lowest BCUT2D eigenvalue weighted by Crippen LogP contribution is -2.38. The normalized spacial score (nSPS) is 31.1. The van der Waals surface area contributed by atoms with Gasteiger partial charge in [0, 0.05) is 12.8 Å². The third kappa shape index (κ3) is 2.41. The van der Waals surface area contributed by atoms with Crippen LogP contribution in [0.2, 0.25) is 0 Å². The molecule has 1 rings (SSSR count). The van der Waals surface area contributed by atoms with Gasteiger partial charge in [0.1, 0.15) is 0 Å². The number of alkyl halides is 2. The molecule has 80 valence electrons. The molecular weight excluding hydrogens is 218 g/mol. The van der Waals surface area contributed by atoms with E-state index in [0.29, 0.717) is 0 Å². The number of carbonyl (C=O) groups is 2. The summed E-state index contributed by atoms with van der Waals surface area (Å²) in [6.07, 6.45) is -1.46. The van der Waals surface area contributed by atoms with E-state index in [-0.39, 0.29) is 6.42 Å². The number of halogens is 3.